The van der Waals surface area contributed by atoms with Gasteiger partial charge < -0.3 is 5.11 Å². The van der Waals surface area contributed by atoms with Crippen LogP contribution in [0.1, 0.15) is 30.6 Å². The molecule has 0 unspecified atom stereocenters. The molecule has 1 N–H and O–H groups in total. The van der Waals surface area contributed by atoms with Crippen LogP contribution < -0.4 is 4.90 Å². The van der Waals surface area contributed by atoms with E-state index in [-0.39, 0.29) is 17.4 Å². The SMILES string of the molecule is CC(C)CC(=O)N(C)c1ccc(C(=O)O)cn1. The van der Waals surface area contributed by atoms with Gasteiger partial charge in [0.05, 0.1) is 5.56 Å². The molecule has 1 aromatic heterocycles. The minimum Gasteiger partial charge on any atom is -0.478 e. The monoisotopic (exact) mass is 236 g/mol. The fraction of sp³-hybridized carbons (Fsp3) is 0.417. The quantitative estimate of drug-likeness (QED) is 0.865. The van der Waals surface area contributed by atoms with E-state index in [0.29, 0.717) is 12.2 Å². The molecule has 17 heavy (non-hydrogen) atoms. The number of rotatable bonds is 4. The van der Waals surface area contributed by atoms with Crippen LogP contribution in [0.25, 0.3) is 0 Å². The maximum Gasteiger partial charge on any atom is 0.337 e. The highest BCUT2D eigenvalue weighted by molar-refractivity contribution is 5.92. The maximum atomic E-state index is 11.7. The van der Waals surface area contributed by atoms with Crippen molar-refractivity contribution in [1.29, 1.82) is 0 Å². The lowest BCUT2D eigenvalue weighted by molar-refractivity contribution is -0.119. The number of carbonyl (C=O) groups is 2. The largest absolute Gasteiger partial charge is 0.478 e. The third-order valence-corrected chi connectivity index (χ3v) is 2.30. The Bertz CT molecular complexity index is 412. The van der Waals surface area contributed by atoms with Crippen molar-refractivity contribution in [2.45, 2.75) is 20.3 Å². The van der Waals surface area contributed by atoms with Crippen molar-refractivity contribution in [2.24, 2.45) is 5.92 Å². The second-order valence-corrected chi connectivity index (χ2v) is 4.26. The molecule has 5 nitrogen and oxygen atoms in total. The number of hydrogen-bond acceptors (Lipinski definition) is 3. The number of hydrogen-bond donors (Lipinski definition) is 1. The molecule has 5 heteroatoms. The highest BCUT2D eigenvalue weighted by atomic mass is 16.4. The van der Waals surface area contributed by atoms with Crippen molar-refractivity contribution in [3.8, 4) is 0 Å². The van der Waals surface area contributed by atoms with Gasteiger partial charge in [-0.15, -0.1) is 0 Å². The van der Waals surface area contributed by atoms with Crippen LogP contribution in [0.2, 0.25) is 0 Å². The summed E-state index contributed by atoms with van der Waals surface area (Å²) in [5.41, 5.74) is 0.110. The molecule has 92 valence electrons. The topological polar surface area (TPSA) is 70.5 Å². The van der Waals surface area contributed by atoms with E-state index in [0.717, 1.165) is 0 Å². The molecule has 0 aliphatic heterocycles. The first-order chi connectivity index (χ1) is 7.91. The van der Waals surface area contributed by atoms with Gasteiger partial charge in [-0.1, -0.05) is 13.8 Å². The predicted octanol–water partition coefficient (Wildman–Crippen LogP) is 1.79. The van der Waals surface area contributed by atoms with Crippen molar-refractivity contribution in [3.63, 3.8) is 0 Å². The van der Waals surface area contributed by atoms with Gasteiger partial charge in [0.15, 0.2) is 0 Å². The number of carboxylic acid groups (broad SMARTS) is 1. The first-order valence-corrected chi connectivity index (χ1v) is 5.37. The lowest BCUT2D eigenvalue weighted by Crippen LogP contribution is -2.28. The normalized spacial score (nSPS) is 10.4. The van der Waals surface area contributed by atoms with E-state index in [1.807, 2.05) is 13.8 Å². The summed E-state index contributed by atoms with van der Waals surface area (Å²) >= 11 is 0. The molecule has 0 saturated heterocycles. The Morgan fingerprint density at radius 1 is 1.41 bits per heavy atom. The van der Waals surface area contributed by atoms with Crippen molar-refractivity contribution in [3.05, 3.63) is 23.9 Å². The second kappa shape index (κ2) is 5.43. The molecule has 1 amide bonds. The molecule has 0 aliphatic carbocycles. The van der Waals surface area contributed by atoms with Crippen molar-refractivity contribution in [2.75, 3.05) is 11.9 Å². The van der Waals surface area contributed by atoms with E-state index in [2.05, 4.69) is 4.98 Å². The summed E-state index contributed by atoms with van der Waals surface area (Å²) < 4.78 is 0. The molecule has 0 spiro atoms. The number of aromatic carboxylic acids is 1. The molecular weight excluding hydrogens is 220 g/mol. The second-order valence-electron chi connectivity index (χ2n) is 4.26. The fourth-order valence-corrected chi connectivity index (χ4v) is 1.32. The van der Waals surface area contributed by atoms with Crippen LogP contribution in [-0.2, 0) is 4.79 Å². The number of carboxylic acids is 1. The third kappa shape index (κ3) is 3.55. The number of aromatic nitrogens is 1. The van der Waals surface area contributed by atoms with Crippen LogP contribution in [0.5, 0.6) is 0 Å². The lowest BCUT2D eigenvalue weighted by atomic mass is 10.1. The minimum atomic E-state index is -1.03. The number of amides is 1. The highest BCUT2D eigenvalue weighted by Gasteiger charge is 2.14. The molecule has 0 fully saturated rings. The lowest BCUT2D eigenvalue weighted by Gasteiger charge is -2.17. The van der Waals surface area contributed by atoms with Crippen LogP contribution in [0, 0.1) is 5.92 Å². The molecular formula is C12H16N2O3. The summed E-state index contributed by atoms with van der Waals surface area (Å²) in [5.74, 6) is -0.320. The molecule has 0 aliphatic rings. The number of carbonyl (C=O) groups excluding carboxylic acids is 1. The van der Waals surface area contributed by atoms with Crippen molar-refractivity contribution >= 4 is 17.7 Å². The zero-order valence-electron chi connectivity index (χ0n) is 10.2. The van der Waals surface area contributed by atoms with Crippen molar-refractivity contribution < 1.29 is 14.7 Å². The average molecular weight is 236 g/mol. The molecule has 0 saturated carbocycles. The first-order valence-electron chi connectivity index (χ1n) is 5.37. The third-order valence-electron chi connectivity index (χ3n) is 2.30. The smallest absolute Gasteiger partial charge is 0.337 e. The van der Waals surface area contributed by atoms with Gasteiger partial charge >= 0.3 is 5.97 Å². The van der Waals surface area contributed by atoms with Gasteiger partial charge in [0.2, 0.25) is 5.91 Å². The summed E-state index contributed by atoms with van der Waals surface area (Å²) in [6.45, 7) is 3.93. The zero-order chi connectivity index (χ0) is 13.0. The Balaban J connectivity index is 2.79. The molecule has 0 radical (unpaired) electrons. The van der Waals surface area contributed by atoms with E-state index in [4.69, 9.17) is 5.11 Å². The fourth-order valence-electron chi connectivity index (χ4n) is 1.32. The molecule has 0 atom stereocenters. The van der Waals surface area contributed by atoms with Crippen LogP contribution in [0.4, 0.5) is 5.82 Å². The van der Waals surface area contributed by atoms with Gasteiger partial charge in [-0.2, -0.15) is 0 Å². The average Bonchev–Trinajstić information content (AvgIpc) is 2.27. The number of nitrogens with zero attached hydrogens (tertiary/aromatic N) is 2. The first kappa shape index (κ1) is 13.2. The van der Waals surface area contributed by atoms with Gasteiger partial charge in [0, 0.05) is 19.7 Å². The van der Waals surface area contributed by atoms with Crippen LogP contribution in [0.3, 0.4) is 0 Å². The molecule has 1 aromatic rings. The van der Waals surface area contributed by atoms with Crippen LogP contribution >= 0.6 is 0 Å². The van der Waals surface area contributed by atoms with Gasteiger partial charge in [-0.05, 0) is 18.1 Å². The standard InChI is InChI=1S/C12H16N2O3/c1-8(2)6-11(15)14(3)10-5-4-9(7-13-10)12(16)17/h4-5,7-8H,6H2,1-3H3,(H,16,17). The molecule has 1 heterocycles. The Labute approximate surface area is 100 Å². The van der Waals surface area contributed by atoms with E-state index in [9.17, 15) is 9.59 Å². The van der Waals surface area contributed by atoms with Gasteiger partial charge in [0.1, 0.15) is 5.82 Å². The zero-order valence-corrected chi connectivity index (χ0v) is 10.2. The van der Waals surface area contributed by atoms with Crippen LogP contribution in [0.15, 0.2) is 18.3 Å². The van der Waals surface area contributed by atoms with Gasteiger partial charge in [0.25, 0.3) is 0 Å². The van der Waals surface area contributed by atoms with E-state index >= 15 is 0 Å². The summed E-state index contributed by atoms with van der Waals surface area (Å²) in [7, 11) is 1.63. The summed E-state index contributed by atoms with van der Waals surface area (Å²) in [6.07, 6.45) is 1.69. The molecule has 0 aromatic carbocycles. The highest BCUT2D eigenvalue weighted by Crippen LogP contribution is 2.12. The predicted molar refractivity (Wildman–Crippen MR) is 64.1 cm³/mol. The molecule has 0 bridgehead atoms. The summed E-state index contributed by atoms with van der Waals surface area (Å²) in [6, 6.07) is 2.96. The Hall–Kier alpha value is -1.91. The summed E-state index contributed by atoms with van der Waals surface area (Å²) in [4.78, 5) is 27.8. The Morgan fingerprint density at radius 2 is 2.06 bits per heavy atom. The number of pyridine rings is 1. The van der Waals surface area contributed by atoms with E-state index < -0.39 is 5.97 Å². The number of anilines is 1. The Kier molecular flexibility index (Phi) is 4.20. The van der Waals surface area contributed by atoms with E-state index in [1.54, 1.807) is 7.05 Å². The maximum absolute atomic E-state index is 11.7. The minimum absolute atomic E-state index is 0.0319. The van der Waals surface area contributed by atoms with Crippen molar-refractivity contribution in [1.82, 2.24) is 4.98 Å². The van der Waals surface area contributed by atoms with Crippen LogP contribution in [-0.4, -0.2) is 29.0 Å². The van der Waals surface area contributed by atoms with Gasteiger partial charge in [-0.25, -0.2) is 9.78 Å². The summed E-state index contributed by atoms with van der Waals surface area (Å²) in [5, 5.41) is 8.72. The van der Waals surface area contributed by atoms with E-state index in [1.165, 1.54) is 23.2 Å². The molecule has 1 rings (SSSR count). The Morgan fingerprint density at radius 3 is 2.47 bits per heavy atom. The van der Waals surface area contributed by atoms with Gasteiger partial charge in [-0.3, -0.25) is 9.69 Å².